The predicted molar refractivity (Wildman–Crippen MR) is 67.0 cm³/mol. The Hall–Kier alpha value is -1.41. The summed E-state index contributed by atoms with van der Waals surface area (Å²) in [6.45, 7) is 1.65. The second-order valence-corrected chi connectivity index (χ2v) is 6.47. The average Bonchev–Trinajstić information content (AvgIpc) is 2.76. The maximum absolute atomic E-state index is 12.1. The van der Waals surface area contributed by atoms with E-state index >= 15 is 0 Å². The van der Waals surface area contributed by atoms with Gasteiger partial charge in [-0.25, -0.2) is 18.1 Å². The van der Waals surface area contributed by atoms with Gasteiger partial charge in [0.2, 0.25) is 0 Å². The largest absolute Gasteiger partial charge is 0.481 e. The summed E-state index contributed by atoms with van der Waals surface area (Å²) in [4.78, 5) is 17.6. The number of aryl methyl sites for hydroxylation is 1. The van der Waals surface area contributed by atoms with Crippen molar-refractivity contribution in [1.82, 2.24) is 14.7 Å². The third kappa shape index (κ3) is 3.13. The highest BCUT2D eigenvalue weighted by Crippen LogP contribution is 2.25. The van der Waals surface area contributed by atoms with E-state index < -0.39 is 28.0 Å². The van der Waals surface area contributed by atoms with Crippen LogP contribution in [0.15, 0.2) is 11.2 Å². The Morgan fingerprint density at radius 3 is 2.74 bits per heavy atom. The fourth-order valence-electron chi connectivity index (χ4n) is 2.37. The molecule has 2 rings (SSSR count). The van der Waals surface area contributed by atoms with Crippen LogP contribution in [0.5, 0.6) is 0 Å². The van der Waals surface area contributed by atoms with Gasteiger partial charge in [-0.3, -0.25) is 4.79 Å². The molecular formula is C11H17N3O4S. The number of imidazole rings is 1. The maximum Gasteiger partial charge on any atom is 0.308 e. The molecule has 1 aromatic rings. The molecule has 1 saturated carbocycles. The maximum atomic E-state index is 12.1. The molecule has 19 heavy (non-hydrogen) atoms. The van der Waals surface area contributed by atoms with Crippen molar-refractivity contribution in [1.29, 1.82) is 0 Å². The molecule has 0 aliphatic heterocycles. The SMILES string of the molecule is Cc1ncc(S(=O)(=O)NC2CCCCC2C(=O)O)[nH]1. The van der Waals surface area contributed by atoms with E-state index in [9.17, 15) is 13.2 Å². The Morgan fingerprint density at radius 1 is 1.47 bits per heavy atom. The number of carboxylic acid groups (broad SMARTS) is 1. The van der Waals surface area contributed by atoms with Crippen molar-refractivity contribution >= 4 is 16.0 Å². The van der Waals surface area contributed by atoms with Crippen LogP contribution in [0.2, 0.25) is 0 Å². The Bertz CT molecular complexity index is 566. The van der Waals surface area contributed by atoms with E-state index in [2.05, 4.69) is 14.7 Å². The third-order valence-corrected chi connectivity index (χ3v) is 4.76. The van der Waals surface area contributed by atoms with Crippen molar-refractivity contribution in [3.05, 3.63) is 12.0 Å². The number of H-pyrrole nitrogens is 1. The molecule has 0 aromatic carbocycles. The molecule has 1 aromatic heterocycles. The Morgan fingerprint density at radius 2 is 2.16 bits per heavy atom. The summed E-state index contributed by atoms with van der Waals surface area (Å²) in [5, 5.41) is 9.10. The van der Waals surface area contributed by atoms with Crippen LogP contribution in [-0.4, -0.2) is 35.5 Å². The average molecular weight is 287 g/mol. The number of hydrogen-bond acceptors (Lipinski definition) is 4. The topological polar surface area (TPSA) is 112 Å². The molecule has 0 bridgehead atoms. The van der Waals surface area contributed by atoms with Crippen molar-refractivity contribution < 1.29 is 18.3 Å². The van der Waals surface area contributed by atoms with Crippen molar-refractivity contribution in [3.8, 4) is 0 Å². The number of carboxylic acids is 1. The highest BCUT2D eigenvalue weighted by Gasteiger charge is 2.34. The molecule has 1 heterocycles. The first-order valence-electron chi connectivity index (χ1n) is 6.17. The molecule has 106 valence electrons. The molecule has 0 saturated heterocycles. The number of aromatic nitrogens is 2. The minimum absolute atomic E-state index is 0.0280. The number of nitrogens with zero attached hydrogens (tertiary/aromatic N) is 1. The molecule has 1 aliphatic rings. The lowest BCUT2D eigenvalue weighted by Gasteiger charge is -2.28. The van der Waals surface area contributed by atoms with Gasteiger partial charge in [0.1, 0.15) is 5.82 Å². The smallest absolute Gasteiger partial charge is 0.308 e. The Balaban J connectivity index is 2.16. The van der Waals surface area contributed by atoms with Gasteiger partial charge in [-0.2, -0.15) is 0 Å². The standard InChI is InChI=1S/C11H17N3O4S/c1-7-12-6-10(13-7)19(17,18)14-9-5-3-2-4-8(9)11(15)16/h6,8-9,14H,2-5H2,1H3,(H,12,13)(H,15,16). The predicted octanol–water partition coefficient (Wildman–Crippen LogP) is 0.640. The van der Waals surface area contributed by atoms with Gasteiger partial charge in [-0.05, 0) is 19.8 Å². The van der Waals surface area contributed by atoms with Crippen LogP contribution in [0.25, 0.3) is 0 Å². The number of aromatic amines is 1. The highest BCUT2D eigenvalue weighted by atomic mass is 32.2. The van der Waals surface area contributed by atoms with Gasteiger partial charge in [0.15, 0.2) is 5.03 Å². The van der Waals surface area contributed by atoms with E-state index in [0.717, 1.165) is 12.8 Å². The van der Waals surface area contributed by atoms with E-state index in [-0.39, 0.29) is 5.03 Å². The molecule has 8 heteroatoms. The molecule has 2 atom stereocenters. The minimum atomic E-state index is -3.74. The second kappa shape index (κ2) is 5.30. The van der Waals surface area contributed by atoms with Gasteiger partial charge in [-0.15, -0.1) is 0 Å². The van der Waals surface area contributed by atoms with Crippen molar-refractivity contribution in [2.24, 2.45) is 5.92 Å². The molecule has 0 amide bonds. The van der Waals surface area contributed by atoms with E-state index in [1.54, 1.807) is 6.92 Å². The zero-order valence-corrected chi connectivity index (χ0v) is 11.4. The zero-order chi connectivity index (χ0) is 14.0. The summed E-state index contributed by atoms with van der Waals surface area (Å²) in [6, 6.07) is -0.556. The Labute approximate surface area is 111 Å². The van der Waals surface area contributed by atoms with Gasteiger partial charge < -0.3 is 10.1 Å². The van der Waals surface area contributed by atoms with Crippen molar-refractivity contribution in [2.75, 3.05) is 0 Å². The van der Waals surface area contributed by atoms with E-state index in [4.69, 9.17) is 5.11 Å². The summed E-state index contributed by atoms with van der Waals surface area (Å²) in [7, 11) is -3.74. The molecular weight excluding hydrogens is 270 g/mol. The number of carbonyl (C=O) groups is 1. The first-order valence-corrected chi connectivity index (χ1v) is 7.65. The van der Waals surface area contributed by atoms with Crippen LogP contribution in [0.3, 0.4) is 0 Å². The van der Waals surface area contributed by atoms with Crippen LogP contribution < -0.4 is 4.72 Å². The van der Waals surface area contributed by atoms with Crippen LogP contribution in [0.1, 0.15) is 31.5 Å². The van der Waals surface area contributed by atoms with Crippen LogP contribution in [0.4, 0.5) is 0 Å². The van der Waals surface area contributed by atoms with Crippen molar-refractivity contribution in [3.63, 3.8) is 0 Å². The number of rotatable bonds is 4. The van der Waals surface area contributed by atoms with Gasteiger partial charge in [0.05, 0.1) is 12.1 Å². The summed E-state index contributed by atoms with van der Waals surface area (Å²) < 4.78 is 26.7. The lowest BCUT2D eigenvalue weighted by molar-refractivity contribution is -0.143. The second-order valence-electron chi connectivity index (χ2n) is 4.79. The number of hydrogen-bond donors (Lipinski definition) is 3. The first kappa shape index (κ1) is 14.0. The van der Waals surface area contributed by atoms with Gasteiger partial charge >= 0.3 is 5.97 Å². The molecule has 1 fully saturated rings. The molecule has 3 N–H and O–H groups in total. The van der Waals surface area contributed by atoms with E-state index in [1.165, 1.54) is 6.20 Å². The van der Waals surface area contributed by atoms with Crippen LogP contribution in [0, 0.1) is 12.8 Å². The molecule has 7 nitrogen and oxygen atoms in total. The zero-order valence-electron chi connectivity index (χ0n) is 10.6. The summed E-state index contributed by atoms with van der Waals surface area (Å²) in [6.07, 6.45) is 3.93. The molecule has 1 aliphatic carbocycles. The van der Waals surface area contributed by atoms with Crippen molar-refractivity contribution in [2.45, 2.75) is 43.7 Å². The van der Waals surface area contributed by atoms with E-state index in [0.29, 0.717) is 18.7 Å². The van der Waals surface area contributed by atoms with Gasteiger partial charge in [0.25, 0.3) is 10.0 Å². The summed E-state index contributed by atoms with van der Waals surface area (Å²) >= 11 is 0. The highest BCUT2D eigenvalue weighted by molar-refractivity contribution is 7.89. The third-order valence-electron chi connectivity index (χ3n) is 3.36. The summed E-state index contributed by atoms with van der Waals surface area (Å²) in [5.41, 5.74) is 0. The monoisotopic (exact) mass is 287 g/mol. The van der Waals surface area contributed by atoms with Crippen LogP contribution in [-0.2, 0) is 14.8 Å². The molecule has 0 spiro atoms. The number of sulfonamides is 1. The first-order chi connectivity index (χ1) is 8.90. The quantitative estimate of drug-likeness (QED) is 0.752. The minimum Gasteiger partial charge on any atom is -0.481 e. The lowest BCUT2D eigenvalue weighted by Crippen LogP contribution is -2.45. The van der Waals surface area contributed by atoms with Gasteiger partial charge in [-0.1, -0.05) is 12.8 Å². The number of nitrogens with one attached hydrogen (secondary N) is 2. The summed E-state index contributed by atoms with van der Waals surface area (Å²) in [5.74, 6) is -1.11. The molecule has 2 unspecified atom stereocenters. The lowest BCUT2D eigenvalue weighted by atomic mass is 9.85. The Kier molecular flexibility index (Phi) is 3.91. The van der Waals surface area contributed by atoms with Crippen LogP contribution >= 0.6 is 0 Å². The van der Waals surface area contributed by atoms with Gasteiger partial charge in [0, 0.05) is 6.04 Å². The fourth-order valence-corrected chi connectivity index (χ4v) is 3.65. The number of aliphatic carboxylic acids is 1. The molecule has 0 radical (unpaired) electrons. The fraction of sp³-hybridized carbons (Fsp3) is 0.636. The normalized spacial score (nSPS) is 24.3. The van der Waals surface area contributed by atoms with E-state index in [1.807, 2.05) is 0 Å².